The molecule has 0 spiro atoms. The molecule has 7 heteroatoms. The molecule has 30 heavy (non-hydrogen) atoms. The first-order valence-corrected chi connectivity index (χ1v) is 9.83. The number of nitrogens with one attached hydrogen (secondary N) is 1. The van der Waals surface area contributed by atoms with Crippen molar-refractivity contribution < 1.29 is 19.1 Å². The number of hydrogen-bond acceptors (Lipinski definition) is 5. The predicted octanol–water partition coefficient (Wildman–Crippen LogP) is 3.83. The molecule has 2 aliphatic heterocycles. The van der Waals surface area contributed by atoms with Gasteiger partial charge in [0.25, 0.3) is 0 Å². The quantitative estimate of drug-likeness (QED) is 0.672. The molecule has 0 aliphatic carbocycles. The number of Topliss-reactive ketones (excluding diaryl/α,β-unsaturated/α-hetero) is 1. The molecule has 1 aromatic heterocycles. The summed E-state index contributed by atoms with van der Waals surface area (Å²) in [5.74, 6) is 0.787. The van der Waals surface area contributed by atoms with Gasteiger partial charge in [0.15, 0.2) is 17.3 Å². The van der Waals surface area contributed by atoms with Crippen LogP contribution in [0.5, 0.6) is 11.5 Å². The first kappa shape index (κ1) is 18.4. The summed E-state index contributed by atoms with van der Waals surface area (Å²) < 4.78 is 12.5. The summed E-state index contributed by atoms with van der Waals surface area (Å²) in [6.45, 7) is 6.09. The minimum Gasteiger partial charge on any atom is -0.454 e. The number of ether oxygens (including phenoxy) is 2. The van der Waals surface area contributed by atoms with Crippen molar-refractivity contribution in [2.75, 3.05) is 12.1 Å². The predicted molar refractivity (Wildman–Crippen MR) is 111 cm³/mol. The van der Waals surface area contributed by atoms with Gasteiger partial charge in [-0.05, 0) is 62.2 Å². The van der Waals surface area contributed by atoms with Gasteiger partial charge < -0.3 is 14.8 Å². The van der Waals surface area contributed by atoms with Gasteiger partial charge in [0.05, 0.1) is 17.3 Å². The van der Waals surface area contributed by atoms with E-state index in [1.54, 1.807) is 22.9 Å². The zero-order chi connectivity index (χ0) is 21.0. The molecule has 1 N–H and O–H groups in total. The van der Waals surface area contributed by atoms with Gasteiger partial charge in [0.1, 0.15) is 5.82 Å². The van der Waals surface area contributed by atoms with E-state index in [0.29, 0.717) is 22.9 Å². The van der Waals surface area contributed by atoms with Crippen LogP contribution in [0.15, 0.2) is 36.4 Å². The highest BCUT2D eigenvalue weighted by atomic mass is 16.7. The largest absolute Gasteiger partial charge is 0.454 e. The van der Waals surface area contributed by atoms with E-state index in [-0.39, 0.29) is 24.9 Å². The van der Waals surface area contributed by atoms with E-state index in [1.807, 2.05) is 39.0 Å². The summed E-state index contributed by atoms with van der Waals surface area (Å²) in [6.07, 6.45) is 0.0831. The Labute approximate surface area is 173 Å². The number of anilines is 1. The highest BCUT2D eigenvalue weighted by Crippen LogP contribution is 2.40. The van der Waals surface area contributed by atoms with Crippen molar-refractivity contribution in [1.29, 1.82) is 0 Å². The van der Waals surface area contributed by atoms with Crippen molar-refractivity contribution in [2.45, 2.75) is 33.1 Å². The first-order chi connectivity index (χ1) is 14.4. The lowest BCUT2D eigenvalue weighted by Crippen LogP contribution is -2.28. The maximum atomic E-state index is 13.4. The van der Waals surface area contributed by atoms with Crippen molar-refractivity contribution in [2.24, 2.45) is 0 Å². The Hall–Kier alpha value is -3.61. The van der Waals surface area contributed by atoms with Gasteiger partial charge in [-0.15, -0.1) is 0 Å². The summed E-state index contributed by atoms with van der Waals surface area (Å²) in [4.78, 5) is 25.9. The normalized spacial score (nSPS) is 16.9. The maximum Gasteiger partial charge on any atom is 0.231 e. The SMILES string of the molecule is Cc1ccc(-n2nc(C)c3c2NC(=O)CC3C(=O)c2ccc3c(c2)OCO3)cc1C. The number of ketones is 1. The number of hydrogen-bond donors (Lipinski definition) is 1. The molecule has 2 aliphatic rings. The van der Waals surface area contributed by atoms with Gasteiger partial charge in [-0.2, -0.15) is 5.10 Å². The molecule has 0 saturated carbocycles. The zero-order valence-corrected chi connectivity index (χ0v) is 17.0. The van der Waals surface area contributed by atoms with Crippen molar-refractivity contribution in [3.05, 3.63) is 64.3 Å². The maximum absolute atomic E-state index is 13.4. The molecular weight excluding hydrogens is 382 g/mol. The van der Waals surface area contributed by atoms with Gasteiger partial charge in [0.2, 0.25) is 12.7 Å². The van der Waals surface area contributed by atoms with E-state index >= 15 is 0 Å². The van der Waals surface area contributed by atoms with Crippen LogP contribution in [0, 0.1) is 20.8 Å². The third-order valence-electron chi connectivity index (χ3n) is 5.81. The topological polar surface area (TPSA) is 82.5 Å². The second-order valence-corrected chi connectivity index (χ2v) is 7.77. The van der Waals surface area contributed by atoms with Crippen molar-refractivity contribution in [3.63, 3.8) is 0 Å². The fourth-order valence-electron chi connectivity index (χ4n) is 4.07. The molecular formula is C23H21N3O4. The summed E-state index contributed by atoms with van der Waals surface area (Å²) >= 11 is 0. The standard InChI is InChI=1S/C23H21N3O4/c1-12-4-6-16(8-13(12)2)26-23-21(14(3)25-26)17(10-20(27)24-23)22(28)15-5-7-18-19(9-15)30-11-29-18/h4-9,17H,10-11H2,1-3H3,(H,24,27). The molecule has 0 bridgehead atoms. The molecule has 152 valence electrons. The number of carbonyl (C=O) groups is 2. The Morgan fingerprint density at radius 3 is 2.67 bits per heavy atom. The lowest BCUT2D eigenvalue weighted by Gasteiger charge is -2.23. The fraction of sp³-hybridized carbons (Fsp3) is 0.261. The van der Waals surface area contributed by atoms with Crippen LogP contribution in [-0.2, 0) is 4.79 Å². The number of rotatable bonds is 3. The van der Waals surface area contributed by atoms with Gasteiger partial charge in [-0.3, -0.25) is 9.59 Å². The first-order valence-electron chi connectivity index (χ1n) is 9.83. The lowest BCUT2D eigenvalue weighted by molar-refractivity contribution is -0.116. The molecule has 7 nitrogen and oxygen atoms in total. The Balaban J connectivity index is 1.59. The van der Waals surface area contributed by atoms with Crippen molar-refractivity contribution >= 4 is 17.5 Å². The van der Waals surface area contributed by atoms with E-state index in [9.17, 15) is 9.59 Å². The molecule has 0 saturated heterocycles. The molecule has 0 radical (unpaired) electrons. The summed E-state index contributed by atoms with van der Waals surface area (Å²) in [6, 6.07) is 11.1. The van der Waals surface area contributed by atoms with Gasteiger partial charge >= 0.3 is 0 Å². The molecule has 1 amide bonds. The van der Waals surface area contributed by atoms with Crippen LogP contribution in [0.25, 0.3) is 5.69 Å². The molecule has 1 unspecified atom stereocenters. The number of nitrogens with zero attached hydrogens (tertiary/aromatic N) is 2. The van der Waals surface area contributed by atoms with Gasteiger partial charge in [0, 0.05) is 17.5 Å². The summed E-state index contributed by atoms with van der Waals surface area (Å²) in [5.41, 5.74) is 5.13. The summed E-state index contributed by atoms with van der Waals surface area (Å²) in [5, 5.41) is 7.58. The average Bonchev–Trinajstić information content (AvgIpc) is 3.33. The Morgan fingerprint density at radius 1 is 1.07 bits per heavy atom. The van der Waals surface area contributed by atoms with E-state index < -0.39 is 5.92 Å². The van der Waals surface area contributed by atoms with Gasteiger partial charge in [-0.25, -0.2) is 4.68 Å². The van der Waals surface area contributed by atoms with Crippen LogP contribution in [0.2, 0.25) is 0 Å². The number of carbonyl (C=O) groups excluding carboxylic acids is 2. The molecule has 5 rings (SSSR count). The number of aryl methyl sites for hydroxylation is 3. The van der Waals surface area contributed by atoms with Crippen LogP contribution in [-0.4, -0.2) is 28.3 Å². The highest BCUT2D eigenvalue weighted by Gasteiger charge is 2.36. The van der Waals surface area contributed by atoms with Crippen LogP contribution in [0.4, 0.5) is 5.82 Å². The van der Waals surface area contributed by atoms with Crippen LogP contribution >= 0.6 is 0 Å². The summed E-state index contributed by atoms with van der Waals surface area (Å²) in [7, 11) is 0. The number of aromatic nitrogens is 2. The van der Waals surface area contributed by atoms with Crippen LogP contribution in [0.1, 0.15) is 45.1 Å². The Bertz CT molecular complexity index is 1210. The van der Waals surface area contributed by atoms with E-state index in [1.165, 1.54) is 5.56 Å². The number of benzene rings is 2. The van der Waals surface area contributed by atoms with Crippen molar-refractivity contribution in [3.8, 4) is 17.2 Å². The van der Waals surface area contributed by atoms with E-state index in [0.717, 1.165) is 22.5 Å². The minimum atomic E-state index is -0.602. The molecule has 3 heterocycles. The van der Waals surface area contributed by atoms with E-state index in [4.69, 9.17) is 9.47 Å². The third-order valence-corrected chi connectivity index (χ3v) is 5.81. The minimum absolute atomic E-state index is 0.0831. The number of amides is 1. The van der Waals surface area contributed by atoms with Crippen molar-refractivity contribution in [1.82, 2.24) is 9.78 Å². The molecule has 0 fully saturated rings. The molecule has 1 atom stereocenters. The monoisotopic (exact) mass is 403 g/mol. The zero-order valence-electron chi connectivity index (χ0n) is 17.0. The van der Waals surface area contributed by atoms with Crippen LogP contribution in [0.3, 0.4) is 0 Å². The number of fused-ring (bicyclic) bond motifs is 2. The van der Waals surface area contributed by atoms with Crippen LogP contribution < -0.4 is 14.8 Å². The fourth-order valence-corrected chi connectivity index (χ4v) is 4.07. The lowest BCUT2D eigenvalue weighted by atomic mass is 9.85. The molecule has 2 aromatic carbocycles. The highest BCUT2D eigenvalue weighted by molar-refractivity contribution is 6.08. The molecule has 3 aromatic rings. The Kier molecular flexibility index (Phi) is 4.13. The Morgan fingerprint density at radius 2 is 1.87 bits per heavy atom. The second kappa shape index (κ2) is 6.73. The van der Waals surface area contributed by atoms with E-state index in [2.05, 4.69) is 10.4 Å². The second-order valence-electron chi connectivity index (χ2n) is 7.77. The smallest absolute Gasteiger partial charge is 0.231 e. The average molecular weight is 403 g/mol. The van der Waals surface area contributed by atoms with Gasteiger partial charge in [-0.1, -0.05) is 6.07 Å². The third kappa shape index (κ3) is 2.85.